The molecule has 1 atom stereocenters. The van der Waals surface area contributed by atoms with Crippen molar-refractivity contribution in [2.45, 2.75) is 77.0 Å². The first-order valence-electron chi connectivity index (χ1n) is 8.57. The summed E-state index contributed by atoms with van der Waals surface area (Å²) in [5.41, 5.74) is 0. The standard InChI is InChI=1S/C15H36O3SSi2/c1-8-15(19,20(12-5,13-6)14-7)21(16-9-2,17-10-3)18-11-4/h19H,8-14H2,1-7H3/t15-/m0/s1. The van der Waals surface area contributed by atoms with Gasteiger partial charge in [-0.25, -0.2) is 0 Å². The molecule has 0 aromatic heterocycles. The summed E-state index contributed by atoms with van der Waals surface area (Å²) in [5.74, 6) is 0. The molecule has 0 aromatic carbocycles. The van der Waals surface area contributed by atoms with Gasteiger partial charge in [-0.3, -0.25) is 0 Å². The normalized spacial score (nSPS) is 16.0. The van der Waals surface area contributed by atoms with Gasteiger partial charge in [0.15, 0.2) is 0 Å². The highest BCUT2D eigenvalue weighted by molar-refractivity contribution is 7.86. The Morgan fingerprint density at radius 3 is 1.24 bits per heavy atom. The van der Waals surface area contributed by atoms with Crippen LogP contribution in [0.15, 0.2) is 0 Å². The van der Waals surface area contributed by atoms with Crippen LogP contribution in [0.4, 0.5) is 0 Å². The van der Waals surface area contributed by atoms with E-state index >= 15 is 0 Å². The van der Waals surface area contributed by atoms with E-state index in [0.717, 1.165) is 6.42 Å². The van der Waals surface area contributed by atoms with Crippen LogP contribution in [0.2, 0.25) is 18.1 Å². The summed E-state index contributed by atoms with van der Waals surface area (Å²) in [6, 6.07) is 3.58. The molecule has 0 N–H and O–H groups in total. The smallest absolute Gasteiger partial charge is 0.373 e. The average Bonchev–Trinajstić information content (AvgIpc) is 2.49. The monoisotopic (exact) mass is 352 g/mol. The largest absolute Gasteiger partial charge is 0.514 e. The van der Waals surface area contributed by atoms with Gasteiger partial charge < -0.3 is 13.3 Å². The second-order valence-electron chi connectivity index (χ2n) is 5.41. The van der Waals surface area contributed by atoms with Gasteiger partial charge in [0.2, 0.25) is 0 Å². The van der Waals surface area contributed by atoms with Crippen LogP contribution in [0, 0.1) is 0 Å². The fraction of sp³-hybridized carbons (Fsp3) is 1.00. The Labute approximate surface area is 139 Å². The summed E-state index contributed by atoms with van der Waals surface area (Å²) in [7, 11) is -4.49. The van der Waals surface area contributed by atoms with E-state index in [4.69, 9.17) is 25.9 Å². The summed E-state index contributed by atoms with van der Waals surface area (Å²) in [6.45, 7) is 17.1. The van der Waals surface area contributed by atoms with Crippen molar-refractivity contribution in [2.24, 2.45) is 0 Å². The van der Waals surface area contributed by atoms with Crippen molar-refractivity contribution in [1.82, 2.24) is 0 Å². The molecule has 3 nitrogen and oxygen atoms in total. The first kappa shape index (κ1) is 21.7. The molecule has 0 spiro atoms. The SMILES string of the molecule is CCO[Si](OCC)(OCC)[C@](S)(CC)[Si](CC)(CC)CC. The lowest BCUT2D eigenvalue weighted by atomic mass is 10.5. The summed E-state index contributed by atoms with van der Waals surface area (Å²) in [6.07, 6.45) is 0.948. The minimum absolute atomic E-state index is 0.222. The van der Waals surface area contributed by atoms with Crippen LogP contribution >= 0.6 is 12.6 Å². The summed E-state index contributed by atoms with van der Waals surface area (Å²) in [5, 5.41) is 0. The van der Waals surface area contributed by atoms with Crippen LogP contribution in [0.3, 0.4) is 0 Å². The van der Waals surface area contributed by atoms with Gasteiger partial charge in [-0.2, -0.15) is 12.6 Å². The van der Waals surface area contributed by atoms with Crippen LogP contribution < -0.4 is 0 Å². The highest BCUT2D eigenvalue weighted by Gasteiger charge is 2.66. The van der Waals surface area contributed by atoms with Gasteiger partial charge in [0, 0.05) is 19.8 Å². The van der Waals surface area contributed by atoms with E-state index in [0.29, 0.717) is 19.8 Å². The van der Waals surface area contributed by atoms with Crippen molar-refractivity contribution in [1.29, 1.82) is 0 Å². The molecule has 0 unspecified atom stereocenters. The van der Waals surface area contributed by atoms with Gasteiger partial charge in [-0.05, 0) is 27.2 Å². The molecule has 0 rings (SSSR count). The summed E-state index contributed by atoms with van der Waals surface area (Å²) in [4.78, 5) is 0. The number of rotatable bonds is 12. The zero-order valence-electron chi connectivity index (χ0n) is 15.1. The molecule has 0 aliphatic heterocycles. The maximum Gasteiger partial charge on any atom is 0.514 e. The highest BCUT2D eigenvalue weighted by atomic mass is 32.1. The number of thiol groups is 1. The Morgan fingerprint density at radius 1 is 0.714 bits per heavy atom. The van der Waals surface area contributed by atoms with Crippen molar-refractivity contribution in [2.75, 3.05) is 19.8 Å². The van der Waals surface area contributed by atoms with Crippen molar-refractivity contribution in [3.63, 3.8) is 0 Å². The molecule has 0 amide bonds. The fourth-order valence-corrected chi connectivity index (χ4v) is 17.0. The summed E-state index contributed by atoms with van der Waals surface area (Å²) >= 11 is 5.27. The molecular formula is C15H36O3SSi2. The lowest BCUT2D eigenvalue weighted by Gasteiger charge is -2.52. The van der Waals surface area contributed by atoms with Gasteiger partial charge in [0.25, 0.3) is 0 Å². The van der Waals surface area contributed by atoms with Crippen molar-refractivity contribution >= 4 is 29.5 Å². The molecule has 6 heteroatoms. The molecule has 0 heterocycles. The Kier molecular flexibility index (Phi) is 10.0. The maximum atomic E-state index is 6.23. The zero-order chi connectivity index (χ0) is 16.6. The van der Waals surface area contributed by atoms with Crippen molar-refractivity contribution < 1.29 is 13.3 Å². The third kappa shape index (κ3) is 3.95. The van der Waals surface area contributed by atoms with Crippen molar-refractivity contribution in [3.05, 3.63) is 0 Å². The predicted octanol–water partition coefficient (Wildman–Crippen LogP) is 4.70. The molecule has 0 radical (unpaired) electrons. The molecule has 0 saturated heterocycles. The van der Waals surface area contributed by atoms with E-state index in [1.807, 2.05) is 20.8 Å². The topological polar surface area (TPSA) is 27.7 Å². The second kappa shape index (κ2) is 9.72. The molecule has 0 fully saturated rings. The quantitative estimate of drug-likeness (QED) is 0.407. The van der Waals surface area contributed by atoms with E-state index in [1.54, 1.807) is 0 Å². The molecule has 0 aliphatic carbocycles. The molecule has 128 valence electrons. The predicted molar refractivity (Wildman–Crippen MR) is 99.8 cm³/mol. The average molecular weight is 353 g/mol. The van der Waals surface area contributed by atoms with Crippen LogP contribution in [-0.2, 0) is 13.3 Å². The first-order chi connectivity index (χ1) is 9.92. The van der Waals surface area contributed by atoms with Crippen LogP contribution in [0.1, 0.15) is 54.9 Å². The zero-order valence-corrected chi connectivity index (χ0v) is 18.0. The maximum absolute atomic E-state index is 6.23. The van der Waals surface area contributed by atoms with Crippen LogP contribution in [0.5, 0.6) is 0 Å². The molecule has 21 heavy (non-hydrogen) atoms. The van der Waals surface area contributed by atoms with Crippen molar-refractivity contribution in [3.8, 4) is 0 Å². The van der Waals surface area contributed by atoms with E-state index in [9.17, 15) is 0 Å². The first-order valence-corrected chi connectivity index (χ1v) is 13.4. The van der Waals surface area contributed by atoms with Gasteiger partial charge in [-0.1, -0.05) is 45.8 Å². The van der Waals surface area contributed by atoms with E-state index < -0.39 is 16.9 Å². The lowest BCUT2D eigenvalue weighted by Crippen LogP contribution is -2.73. The number of hydrogen-bond donors (Lipinski definition) is 1. The van der Waals surface area contributed by atoms with Gasteiger partial charge in [0.1, 0.15) is 0 Å². The van der Waals surface area contributed by atoms with Crippen LogP contribution in [0.25, 0.3) is 0 Å². The molecule has 0 saturated carbocycles. The minimum atomic E-state index is -2.82. The second-order valence-corrected chi connectivity index (χ2v) is 15.9. The van der Waals surface area contributed by atoms with Crippen LogP contribution in [-0.4, -0.2) is 40.7 Å². The Balaban J connectivity index is 6.05. The molecule has 0 aromatic rings. The highest BCUT2D eigenvalue weighted by Crippen LogP contribution is 2.46. The van der Waals surface area contributed by atoms with E-state index in [1.165, 1.54) is 18.1 Å². The lowest BCUT2D eigenvalue weighted by molar-refractivity contribution is 0.0643. The summed E-state index contributed by atoms with van der Waals surface area (Å²) < 4.78 is 18.5. The number of hydrogen-bond acceptors (Lipinski definition) is 4. The molecule has 0 bridgehead atoms. The van der Waals surface area contributed by atoms with E-state index in [2.05, 4.69) is 27.7 Å². The fourth-order valence-electron chi connectivity index (χ4n) is 3.60. The Bertz CT molecular complexity index is 263. The van der Waals surface area contributed by atoms with Gasteiger partial charge >= 0.3 is 8.80 Å². The Morgan fingerprint density at radius 2 is 1.05 bits per heavy atom. The molecule has 0 aliphatic rings. The van der Waals surface area contributed by atoms with E-state index in [-0.39, 0.29) is 3.99 Å². The third-order valence-electron chi connectivity index (χ3n) is 4.93. The minimum Gasteiger partial charge on any atom is -0.373 e. The Hall–Kier alpha value is 0.664. The third-order valence-corrected chi connectivity index (χ3v) is 19.5. The van der Waals surface area contributed by atoms with Gasteiger partial charge in [-0.15, -0.1) is 0 Å². The van der Waals surface area contributed by atoms with Gasteiger partial charge in [0.05, 0.1) is 12.1 Å². The molecular weight excluding hydrogens is 316 g/mol.